The summed E-state index contributed by atoms with van der Waals surface area (Å²) in [4.78, 5) is 10.4. The molecule has 0 spiro atoms. The van der Waals surface area contributed by atoms with E-state index >= 15 is 0 Å². The van der Waals surface area contributed by atoms with E-state index in [1.54, 1.807) is 0 Å². The highest BCUT2D eigenvalue weighted by Crippen LogP contribution is 2.11. The summed E-state index contributed by atoms with van der Waals surface area (Å²) in [5.41, 5.74) is 0.928. The quantitative estimate of drug-likeness (QED) is 0.474. The maximum Gasteiger partial charge on any atom is 0.152 e. The molecular weight excluding hydrogens is 156 g/mol. The molecule has 0 saturated heterocycles. The van der Waals surface area contributed by atoms with Gasteiger partial charge in [-0.3, -0.25) is 0 Å². The van der Waals surface area contributed by atoms with Gasteiger partial charge in [-0.05, 0) is 5.56 Å². The van der Waals surface area contributed by atoms with E-state index in [1.807, 2.05) is 30.3 Å². The minimum Gasteiger partial charge on any atom is -0.415 e. The molecule has 1 aromatic carbocycles. The molecule has 0 aliphatic carbocycles. The van der Waals surface area contributed by atoms with E-state index in [9.17, 15) is 4.79 Å². The van der Waals surface area contributed by atoms with Crippen LogP contribution in [0, 0.1) is 0 Å². The molecule has 0 aliphatic heterocycles. The van der Waals surface area contributed by atoms with Crippen molar-refractivity contribution in [3.63, 3.8) is 0 Å². The number of hydrogen-bond donors (Lipinski definition) is 0. The average molecular weight is 166 g/mol. The zero-order valence-electron chi connectivity index (χ0n) is 6.36. The molecule has 0 aromatic heterocycles. The summed E-state index contributed by atoms with van der Waals surface area (Å²) < 4.78 is 5.06. The van der Waals surface area contributed by atoms with Gasteiger partial charge in [0, 0.05) is 0 Å². The Hall–Kier alpha value is -0.933. The molecule has 0 aliphatic rings. The third-order valence-electron chi connectivity index (χ3n) is 1.51. The molecule has 1 unspecified atom stereocenters. The van der Waals surface area contributed by atoms with Crippen molar-refractivity contribution in [2.45, 2.75) is 6.10 Å². The van der Waals surface area contributed by atoms with Crippen LogP contribution in [0.2, 0.25) is 0 Å². The van der Waals surface area contributed by atoms with Crippen LogP contribution in [-0.4, -0.2) is 16.8 Å². The normalized spacial score (nSPS) is 12.7. The molecule has 1 atom stereocenters. The molecule has 0 bridgehead atoms. The minimum absolute atomic E-state index is 0.358. The predicted molar refractivity (Wildman–Crippen MR) is 46.3 cm³/mol. The Balaban J connectivity index is 2.82. The van der Waals surface area contributed by atoms with Crippen LogP contribution in [-0.2, 0) is 9.22 Å². The summed E-state index contributed by atoms with van der Waals surface area (Å²) in [5, 5.41) is 0. The molecule has 0 heterocycles. The predicted octanol–water partition coefficient (Wildman–Crippen LogP) is 0.224. The van der Waals surface area contributed by atoms with Crippen molar-refractivity contribution < 1.29 is 9.22 Å². The molecule has 0 radical (unpaired) electrons. The zero-order valence-corrected chi connectivity index (χ0v) is 8.36. The lowest BCUT2D eigenvalue weighted by molar-refractivity contribution is -0.113. The first-order chi connectivity index (χ1) is 5.38. The van der Waals surface area contributed by atoms with Crippen molar-refractivity contribution in [1.29, 1.82) is 0 Å². The fraction of sp³-hybridized carbons (Fsp3) is 0.125. The van der Waals surface area contributed by atoms with Gasteiger partial charge in [-0.15, -0.1) is 0 Å². The SMILES string of the molecule is O=CC(O[SiH3])c1ccccc1. The minimum atomic E-state index is -0.358. The molecule has 3 heteroatoms. The second-order valence-corrected chi connectivity index (χ2v) is 2.67. The number of hydrogen-bond acceptors (Lipinski definition) is 2. The molecule has 1 rings (SSSR count). The Morgan fingerprint density at radius 3 is 2.45 bits per heavy atom. The van der Waals surface area contributed by atoms with Crippen LogP contribution in [0.25, 0.3) is 0 Å². The lowest BCUT2D eigenvalue weighted by atomic mass is 10.1. The highest BCUT2D eigenvalue weighted by Gasteiger charge is 2.05. The van der Waals surface area contributed by atoms with Gasteiger partial charge in [-0.25, -0.2) is 0 Å². The summed E-state index contributed by atoms with van der Waals surface area (Å²) in [7, 11) is 0.585. The topological polar surface area (TPSA) is 26.3 Å². The van der Waals surface area contributed by atoms with Crippen molar-refractivity contribution in [1.82, 2.24) is 0 Å². The molecule has 0 amide bonds. The summed E-state index contributed by atoms with van der Waals surface area (Å²) in [5.74, 6) is 0. The van der Waals surface area contributed by atoms with E-state index in [0.717, 1.165) is 11.8 Å². The van der Waals surface area contributed by atoms with Crippen molar-refractivity contribution in [2.24, 2.45) is 0 Å². The van der Waals surface area contributed by atoms with Crippen LogP contribution in [0.15, 0.2) is 30.3 Å². The van der Waals surface area contributed by atoms with Gasteiger partial charge in [0.25, 0.3) is 0 Å². The largest absolute Gasteiger partial charge is 0.415 e. The zero-order chi connectivity index (χ0) is 8.10. The van der Waals surface area contributed by atoms with E-state index in [4.69, 9.17) is 4.43 Å². The van der Waals surface area contributed by atoms with Crippen LogP contribution in [0.3, 0.4) is 0 Å². The van der Waals surface area contributed by atoms with Crippen LogP contribution in [0.1, 0.15) is 11.7 Å². The lowest BCUT2D eigenvalue weighted by Gasteiger charge is -2.07. The summed E-state index contributed by atoms with van der Waals surface area (Å²) in [6.45, 7) is 0. The fourth-order valence-electron chi connectivity index (χ4n) is 0.913. The van der Waals surface area contributed by atoms with Gasteiger partial charge in [0.2, 0.25) is 0 Å². The third-order valence-corrected chi connectivity index (χ3v) is 2.01. The Kier molecular flexibility index (Phi) is 3.01. The molecule has 1 aromatic rings. The van der Waals surface area contributed by atoms with E-state index in [2.05, 4.69) is 0 Å². The monoisotopic (exact) mass is 166 g/mol. The number of carbonyl (C=O) groups excluding carboxylic acids is 1. The Morgan fingerprint density at radius 2 is 2.00 bits per heavy atom. The molecule has 58 valence electrons. The van der Waals surface area contributed by atoms with Crippen molar-refractivity contribution in [3.05, 3.63) is 35.9 Å². The van der Waals surface area contributed by atoms with Gasteiger partial charge in [0.05, 0.1) is 0 Å². The summed E-state index contributed by atoms with van der Waals surface area (Å²) in [6, 6.07) is 9.48. The van der Waals surface area contributed by atoms with Gasteiger partial charge in [0.15, 0.2) is 6.29 Å². The standard InChI is InChI=1S/C8H10O2Si/c9-6-8(10-11)7-4-2-1-3-5-7/h1-6,8H,11H3. The second kappa shape index (κ2) is 4.05. The van der Waals surface area contributed by atoms with Crippen molar-refractivity contribution in [2.75, 3.05) is 0 Å². The Labute approximate surface area is 68.7 Å². The van der Waals surface area contributed by atoms with E-state index in [-0.39, 0.29) is 6.10 Å². The van der Waals surface area contributed by atoms with Gasteiger partial charge >= 0.3 is 0 Å². The van der Waals surface area contributed by atoms with E-state index < -0.39 is 0 Å². The van der Waals surface area contributed by atoms with E-state index in [0.29, 0.717) is 10.5 Å². The molecule has 0 saturated carbocycles. The van der Waals surface area contributed by atoms with Crippen LogP contribution in [0.5, 0.6) is 0 Å². The molecule has 0 fully saturated rings. The van der Waals surface area contributed by atoms with Gasteiger partial charge < -0.3 is 9.22 Å². The summed E-state index contributed by atoms with van der Waals surface area (Å²) >= 11 is 0. The fourth-order valence-corrected chi connectivity index (χ4v) is 1.30. The van der Waals surface area contributed by atoms with Gasteiger partial charge in [-0.1, -0.05) is 30.3 Å². The highest BCUT2D eigenvalue weighted by molar-refractivity contribution is 5.99. The maximum atomic E-state index is 10.4. The van der Waals surface area contributed by atoms with Crippen LogP contribution >= 0.6 is 0 Å². The highest BCUT2D eigenvalue weighted by atomic mass is 28.2. The Morgan fingerprint density at radius 1 is 1.36 bits per heavy atom. The van der Waals surface area contributed by atoms with Crippen LogP contribution in [0.4, 0.5) is 0 Å². The average Bonchev–Trinajstić information content (AvgIpc) is 2.09. The Bertz CT molecular complexity index is 223. The third kappa shape index (κ3) is 1.99. The molecule has 2 nitrogen and oxygen atoms in total. The van der Waals surface area contributed by atoms with E-state index in [1.165, 1.54) is 0 Å². The van der Waals surface area contributed by atoms with Crippen molar-refractivity contribution in [3.8, 4) is 0 Å². The summed E-state index contributed by atoms with van der Waals surface area (Å²) in [6.07, 6.45) is 0.463. The number of aldehydes is 1. The van der Waals surface area contributed by atoms with Crippen molar-refractivity contribution >= 4 is 16.8 Å². The lowest BCUT2D eigenvalue weighted by Crippen LogP contribution is -2.02. The van der Waals surface area contributed by atoms with Gasteiger partial charge in [0.1, 0.15) is 16.6 Å². The number of rotatable bonds is 3. The molecule has 11 heavy (non-hydrogen) atoms. The first-order valence-electron chi connectivity index (χ1n) is 3.41. The molecule has 0 N–H and O–H groups in total. The van der Waals surface area contributed by atoms with Gasteiger partial charge in [-0.2, -0.15) is 0 Å². The first kappa shape index (κ1) is 8.17. The molecular formula is C8H10O2Si. The second-order valence-electron chi connectivity index (χ2n) is 2.20. The maximum absolute atomic E-state index is 10.4. The van der Waals surface area contributed by atoms with Crippen LogP contribution < -0.4 is 0 Å². The first-order valence-corrected chi connectivity index (χ1v) is 4.23. The number of carbonyl (C=O) groups is 1. The smallest absolute Gasteiger partial charge is 0.152 e. The number of benzene rings is 1.